The lowest BCUT2D eigenvalue weighted by Crippen LogP contribution is -2.38. The van der Waals surface area contributed by atoms with Gasteiger partial charge in [-0.3, -0.25) is 15.0 Å². The number of aromatic nitrogens is 1. The summed E-state index contributed by atoms with van der Waals surface area (Å²) in [6.45, 7) is 5.19. The Bertz CT molecular complexity index is 694. The molecule has 1 fully saturated rings. The second-order valence-electron chi connectivity index (χ2n) is 6.34. The van der Waals surface area contributed by atoms with Gasteiger partial charge < -0.3 is 5.32 Å². The fourth-order valence-electron chi connectivity index (χ4n) is 3.09. The second kappa shape index (κ2) is 7.40. The van der Waals surface area contributed by atoms with Crippen LogP contribution < -0.4 is 5.32 Å². The lowest BCUT2D eigenvalue weighted by atomic mass is 10.0. The normalized spacial score (nSPS) is 16.0. The van der Waals surface area contributed by atoms with E-state index in [0.29, 0.717) is 11.9 Å². The molecule has 0 radical (unpaired) electrons. The Morgan fingerprint density at radius 3 is 2.71 bits per heavy atom. The smallest absolute Gasteiger partial charge is 0.287 e. The molecule has 1 saturated heterocycles. The number of likely N-dealkylation sites (tertiary alicyclic amines) is 1. The van der Waals surface area contributed by atoms with E-state index in [-0.39, 0.29) is 5.69 Å². The number of aryl methyl sites for hydroxylation is 1. The van der Waals surface area contributed by atoms with E-state index in [9.17, 15) is 10.1 Å². The predicted molar refractivity (Wildman–Crippen MR) is 94.0 cm³/mol. The van der Waals surface area contributed by atoms with E-state index in [1.54, 1.807) is 6.07 Å². The van der Waals surface area contributed by atoms with Crippen LogP contribution in [0, 0.1) is 17.0 Å². The number of hydrogen-bond donors (Lipinski definition) is 1. The highest BCUT2D eigenvalue weighted by molar-refractivity contribution is 5.41. The van der Waals surface area contributed by atoms with Crippen molar-refractivity contribution >= 4 is 11.5 Å². The molecular formula is C18H22N4O2. The molecule has 6 nitrogen and oxygen atoms in total. The van der Waals surface area contributed by atoms with Gasteiger partial charge in [-0.05, 0) is 31.4 Å². The van der Waals surface area contributed by atoms with Crippen LogP contribution in [0.3, 0.4) is 0 Å². The Labute approximate surface area is 141 Å². The van der Waals surface area contributed by atoms with Crippen LogP contribution in [0.15, 0.2) is 42.6 Å². The molecule has 1 aliphatic rings. The molecule has 6 heteroatoms. The van der Waals surface area contributed by atoms with Gasteiger partial charge in [0.2, 0.25) is 0 Å². The Morgan fingerprint density at radius 2 is 2.08 bits per heavy atom. The minimum absolute atomic E-state index is 0.0218. The van der Waals surface area contributed by atoms with Crippen LogP contribution in [0.4, 0.5) is 11.5 Å². The van der Waals surface area contributed by atoms with Gasteiger partial charge in [-0.15, -0.1) is 0 Å². The molecule has 2 aromatic rings. The summed E-state index contributed by atoms with van der Waals surface area (Å²) in [6.07, 6.45) is 3.39. The van der Waals surface area contributed by atoms with Crippen LogP contribution in [-0.4, -0.2) is 33.9 Å². The number of anilines is 1. The van der Waals surface area contributed by atoms with Gasteiger partial charge in [-0.25, -0.2) is 4.98 Å². The Morgan fingerprint density at radius 1 is 1.29 bits per heavy atom. The predicted octanol–water partition coefficient (Wildman–Crippen LogP) is 3.37. The molecule has 0 atom stereocenters. The summed E-state index contributed by atoms with van der Waals surface area (Å²) in [5.41, 5.74) is 2.68. The van der Waals surface area contributed by atoms with Crippen LogP contribution >= 0.6 is 0 Å². The van der Waals surface area contributed by atoms with E-state index in [0.717, 1.165) is 32.5 Å². The molecular weight excluding hydrogens is 304 g/mol. The Hall–Kier alpha value is -2.47. The standard InChI is InChI=1S/C18H22N4O2/c1-14-3-2-4-15(11-14)13-21-9-7-16(8-10-21)20-18-6-5-17(12-19-18)22(23)24/h2-6,11-12,16H,7-10,13H2,1H3,(H,19,20). The maximum Gasteiger partial charge on any atom is 0.287 e. The van der Waals surface area contributed by atoms with Crippen LogP contribution in [-0.2, 0) is 6.54 Å². The van der Waals surface area contributed by atoms with Gasteiger partial charge in [-0.1, -0.05) is 29.8 Å². The first-order valence-electron chi connectivity index (χ1n) is 8.25. The number of nitro groups is 1. The first kappa shape index (κ1) is 16.4. The molecule has 3 rings (SSSR count). The third-order valence-corrected chi connectivity index (χ3v) is 4.39. The third-order valence-electron chi connectivity index (χ3n) is 4.39. The van der Waals surface area contributed by atoms with Crippen LogP contribution in [0.2, 0.25) is 0 Å². The van der Waals surface area contributed by atoms with Crippen LogP contribution in [0.5, 0.6) is 0 Å². The molecule has 0 saturated carbocycles. The van der Waals surface area contributed by atoms with Crippen molar-refractivity contribution in [2.24, 2.45) is 0 Å². The van der Waals surface area contributed by atoms with Gasteiger partial charge in [0.05, 0.1) is 4.92 Å². The summed E-state index contributed by atoms with van der Waals surface area (Å²) in [6, 6.07) is 12.2. The lowest BCUT2D eigenvalue weighted by molar-refractivity contribution is -0.385. The molecule has 0 bridgehead atoms. The Balaban J connectivity index is 1.49. The molecule has 0 amide bonds. The quantitative estimate of drug-likeness (QED) is 0.674. The van der Waals surface area contributed by atoms with Crippen molar-refractivity contribution in [3.05, 3.63) is 63.8 Å². The number of hydrogen-bond acceptors (Lipinski definition) is 5. The minimum atomic E-state index is -0.430. The van der Waals surface area contributed by atoms with Gasteiger partial charge in [-0.2, -0.15) is 0 Å². The molecule has 24 heavy (non-hydrogen) atoms. The molecule has 1 N–H and O–H groups in total. The monoisotopic (exact) mass is 326 g/mol. The second-order valence-corrected chi connectivity index (χ2v) is 6.34. The van der Waals surface area contributed by atoms with Crippen molar-refractivity contribution in [1.82, 2.24) is 9.88 Å². The zero-order valence-corrected chi connectivity index (χ0v) is 13.8. The number of rotatable bonds is 5. The number of nitrogens with zero attached hydrogens (tertiary/aromatic N) is 3. The third kappa shape index (κ3) is 4.29. The summed E-state index contributed by atoms with van der Waals surface area (Å²) in [5, 5.41) is 14.0. The molecule has 0 spiro atoms. The van der Waals surface area contributed by atoms with Crippen molar-refractivity contribution in [2.45, 2.75) is 32.4 Å². The van der Waals surface area contributed by atoms with E-state index in [1.165, 1.54) is 23.4 Å². The number of nitrogens with one attached hydrogen (secondary N) is 1. The number of piperidine rings is 1. The summed E-state index contributed by atoms with van der Waals surface area (Å²) >= 11 is 0. The molecule has 0 aliphatic carbocycles. The van der Waals surface area contributed by atoms with Crippen molar-refractivity contribution in [3.63, 3.8) is 0 Å². The van der Waals surface area contributed by atoms with E-state index in [1.807, 2.05) is 0 Å². The Kier molecular flexibility index (Phi) is 5.05. The van der Waals surface area contributed by atoms with Gasteiger partial charge >= 0.3 is 0 Å². The molecule has 126 valence electrons. The summed E-state index contributed by atoms with van der Waals surface area (Å²) in [4.78, 5) is 16.8. The highest BCUT2D eigenvalue weighted by Gasteiger charge is 2.19. The fraction of sp³-hybridized carbons (Fsp3) is 0.389. The first-order chi connectivity index (χ1) is 11.6. The molecule has 2 heterocycles. The van der Waals surface area contributed by atoms with Crippen molar-refractivity contribution in [2.75, 3.05) is 18.4 Å². The molecule has 1 aliphatic heterocycles. The maximum atomic E-state index is 10.6. The highest BCUT2D eigenvalue weighted by atomic mass is 16.6. The SMILES string of the molecule is Cc1cccc(CN2CCC(Nc3ccc([N+](=O)[O-])cn3)CC2)c1. The zero-order chi connectivity index (χ0) is 16.9. The van der Waals surface area contributed by atoms with Crippen molar-refractivity contribution in [1.29, 1.82) is 0 Å². The van der Waals surface area contributed by atoms with Crippen molar-refractivity contribution < 1.29 is 4.92 Å². The first-order valence-corrected chi connectivity index (χ1v) is 8.25. The number of pyridine rings is 1. The molecule has 0 unspecified atom stereocenters. The largest absolute Gasteiger partial charge is 0.367 e. The maximum absolute atomic E-state index is 10.6. The lowest BCUT2D eigenvalue weighted by Gasteiger charge is -2.32. The van der Waals surface area contributed by atoms with Crippen LogP contribution in [0.1, 0.15) is 24.0 Å². The minimum Gasteiger partial charge on any atom is -0.367 e. The average Bonchev–Trinajstić information content (AvgIpc) is 2.57. The summed E-state index contributed by atoms with van der Waals surface area (Å²) < 4.78 is 0. The number of benzene rings is 1. The zero-order valence-electron chi connectivity index (χ0n) is 13.8. The topological polar surface area (TPSA) is 71.3 Å². The fourth-order valence-corrected chi connectivity index (χ4v) is 3.09. The highest BCUT2D eigenvalue weighted by Crippen LogP contribution is 2.19. The van der Waals surface area contributed by atoms with Crippen molar-refractivity contribution in [3.8, 4) is 0 Å². The van der Waals surface area contributed by atoms with Gasteiger partial charge in [0.1, 0.15) is 12.0 Å². The van der Waals surface area contributed by atoms with E-state index >= 15 is 0 Å². The summed E-state index contributed by atoms with van der Waals surface area (Å²) in [7, 11) is 0. The average molecular weight is 326 g/mol. The van der Waals surface area contributed by atoms with E-state index in [4.69, 9.17) is 0 Å². The molecule has 1 aromatic heterocycles. The van der Waals surface area contributed by atoms with E-state index < -0.39 is 4.92 Å². The van der Waals surface area contributed by atoms with E-state index in [2.05, 4.69) is 46.4 Å². The van der Waals surface area contributed by atoms with Gasteiger partial charge in [0.15, 0.2) is 0 Å². The summed E-state index contributed by atoms with van der Waals surface area (Å²) in [5.74, 6) is 0.706. The van der Waals surface area contributed by atoms with Gasteiger partial charge in [0, 0.05) is 31.7 Å². The molecule has 1 aromatic carbocycles. The van der Waals surface area contributed by atoms with Crippen LogP contribution in [0.25, 0.3) is 0 Å². The van der Waals surface area contributed by atoms with Gasteiger partial charge in [0.25, 0.3) is 5.69 Å².